The summed E-state index contributed by atoms with van der Waals surface area (Å²) in [7, 11) is -3.62. The van der Waals surface area contributed by atoms with Crippen LogP contribution in [0.2, 0.25) is 0 Å². The minimum atomic E-state index is -3.62. The maximum atomic E-state index is 11.7. The van der Waals surface area contributed by atoms with E-state index >= 15 is 0 Å². The van der Waals surface area contributed by atoms with E-state index in [0.717, 1.165) is 0 Å². The molecule has 6 heteroatoms. The molecule has 5 nitrogen and oxygen atoms in total. The standard InChI is InChI=1S/C10H12N2O3S/c1-8(7-13)12-16(14,15)10-4-2-9(6-11)3-5-10/h2-5,8,12-13H,7H2,1H3. The van der Waals surface area contributed by atoms with Crippen molar-refractivity contribution < 1.29 is 13.5 Å². The summed E-state index contributed by atoms with van der Waals surface area (Å²) in [6.07, 6.45) is 0. The van der Waals surface area contributed by atoms with Gasteiger partial charge in [0.1, 0.15) is 0 Å². The fraction of sp³-hybridized carbons (Fsp3) is 0.300. The Morgan fingerprint density at radius 3 is 2.44 bits per heavy atom. The summed E-state index contributed by atoms with van der Waals surface area (Å²) in [4.78, 5) is 0.0757. The predicted octanol–water partition coefficient (Wildman–Crippen LogP) is 0.217. The van der Waals surface area contributed by atoms with Crippen molar-refractivity contribution in [3.8, 4) is 6.07 Å². The maximum absolute atomic E-state index is 11.7. The van der Waals surface area contributed by atoms with Gasteiger partial charge in [0.15, 0.2) is 0 Å². The highest BCUT2D eigenvalue weighted by molar-refractivity contribution is 7.89. The highest BCUT2D eigenvalue weighted by atomic mass is 32.2. The van der Waals surface area contributed by atoms with E-state index in [1.807, 2.05) is 6.07 Å². The van der Waals surface area contributed by atoms with Gasteiger partial charge in [-0.25, -0.2) is 13.1 Å². The molecule has 1 atom stereocenters. The van der Waals surface area contributed by atoms with E-state index in [1.165, 1.54) is 24.3 Å². The zero-order chi connectivity index (χ0) is 12.2. The van der Waals surface area contributed by atoms with Gasteiger partial charge < -0.3 is 5.11 Å². The molecule has 0 aliphatic carbocycles. The van der Waals surface area contributed by atoms with E-state index in [0.29, 0.717) is 5.56 Å². The highest BCUT2D eigenvalue weighted by Gasteiger charge is 2.16. The minimum Gasteiger partial charge on any atom is -0.395 e. The van der Waals surface area contributed by atoms with E-state index in [4.69, 9.17) is 10.4 Å². The fourth-order valence-electron chi connectivity index (χ4n) is 1.08. The van der Waals surface area contributed by atoms with Gasteiger partial charge in [0.25, 0.3) is 0 Å². The number of nitrogens with one attached hydrogen (secondary N) is 1. The van der Waals surface area contributed by atoms with Crippen LogP contribution in [-0.2, 0) is 10.0 Å². The van der Waals surface area contributed by atoms with Gasteiger partial charge >= 0.3 is 0 Å². The smallest absolute Gasteiger partial charge is 0.240 e. The van der Waals surface area contributed by atoms with Crippen molar-refractivity contribution in [2.45, 2.75) is 17.9 Å². The topological polar surface area (TPSA) is 90.2 Å². The van der Waals surface area contributed by atoms with Crippen LogP contribution in [0, 0.1) is 11.3 Å². The van der Waals surface area contributed by atoms with Gasteiger partial charge in [0.05, 0.1) is 23.1 Å². The molecule has 0 saturated carbocycles. The number of hydrogen-bond acceptors (Lipinski definition) is 4. The molecule has 1 aromatic rings. The second-order valence-electron chi connectivity index (χ2n) is 3.34. The van der Waals surface area contributed by atoms with Gasteiger partial charge in [-0.3, -0.25) is 0 Å². The average Bonchev–Trinajstić information content (AvgIpc) is 2.28. The first kappa shape index (κ1) is 12.6. The number of sulfonamides is 1. The predicted molar refractivity (Wildman–Crippen MR) is 58.0 cm³/mol. The third-order valence-corrected chi connectivity index (χ3v) is 3.53. The summed E-state index contributed by atoms with van der Waals surface area (Å²) in [5.74, 6) is 0. The summed E-state index contributed by atoms with van der Waals surface area (Å²) in [5.41, 5.74) is 0.397. The molecule has 0 heterocycles. The summed E-state index contributed by atoms with van der Waals surface area (Å²) in [6.45, 7) is 1.29. The lowest BCUT2D eigenvalue weighted by atomic mass is 10.2. The van der Waals surface area contributed by atoms with E-state index in [1.54, 1.807) is 6.92 Å². The van der Waals surface area contributed by atoms with Crippen LogP contribution >= 0.6 is 0 Å². The summed E-state index contributed by atoms with van der Waals surface area (Å²) in [6, 6.07) is 6.92. The van der Waals surface area contributed by atoms with Crippen LogP contribution < -0.4 is 4.72 Å². The van der Waals surface area contributed by atoms with Gasteiger partial charge in [0, 0.05) is 6.04 Å². The summed E-state index contributed by atoms with van der Waals surface area (Å²) < 4.78 is 25.7. The van der Waals surface area contributed by atoms with E-state index in [-0.39, 0.29) is 11.5 Å². The van der Waals surface area contributed by atoms with Crippen LogP contribution in [0.5, 0.6) is 0 Å². The molecule has 0 aliphatic rings. The monoisotopic (exact) mass is 240 g/mol. The first-order valence-electron chi connectivity index (χ1n) is 4.63. The van der Waals surface area contributed by atoms with E-state index in [9.17, 15) is 8.42 Å². The van der Waals surface area contributed by atoms with Crippen LogP contribution in [0.3, 0.4) is 0 Å². The Morgan fingerprint density at radius 1 is 1.44 bits per heavy atom. The van der Waals surface area contributed by atoms with Crippen molar-refractivity contribution in [3.05, 3.63) is 29.8 Å². The molecule has 1 rings (SSSR count). The van der Waals surface area contributed by atoms with Gasteiger partial charge in [0.2, 0.25) is 10.0 Å². The SMILES string of the molecule is CC(CO)NS(=O)(=O)c1ccc(C#N)cc1. The molecule has 86 valence electrons. The number of aliphatic hydroxyl groups excluding tert-OH is 1. The van der Waals surface area contributed by atoms with Crippen molar-refractivity contribution >= 4 is 10.0 Å². The summed E-state index contributed by atoms with van der Waals surface area (Å²) >= 11 is 0. The fourth-order valence-corrected chi connectivity index (χ4v) is 2.31. The lowest BCUT2D eigenvalue weighted by Crippen LogP contribution is -2.34. The van der Waals surface area contributed by atoms with Crippen molar-refractivity contribution in [3.63, 3.8) is 0 Å². The zero-order valence-electron chi connectivity index (χ0n) is 8.71. The average molecular weight is 240 g/mol. The normalized spacial score (nSPS) is 13.1. The number of aliphatic hydroxyl groups is 1. The Kier molecular flexibility index (Phi) is 4.01. The minimum absolute atomic E-state index is 0.0757. The first-order chi connectivity index (χ1) is 7.49. The second-order valence-corrected chi connectivity index (χ2v) is 5.06. The highest BCUT2D eigenvalue weighted by Crippen LogP contribution is 2.10. The van der Waals surface area contributed by atoms with Gasteiger partial charge in [-0.15, -0.1) is 0 Å². The molecular weight excluding hydrogens is 228 g/mol. The molecular formula is C10H12N2O3S. The number of hydrogen-bond donors (Lipinski definition) is 2. The van der Waals surface area contributed by atoms with Crippen LogP contribution in [0.25, 0.3) is 0 Å². The molecule has 0 radical (unpaired) electrons. The third-order valence-electron chi connectivity index (χ3n) is 1.92. The van der Waals surface area contributed by atoms with Crippen LogP contribution in [0.4, 0.5) is 0 Å². The van der Waals surface area contributed by atoms with E-state index in [2.05, 4.69) is 4.72 Å². The van der Waals surface area contributed by atoms with E-state index < -0.39 is 16.1 Å². The molecule has 16 heavy (non-hydrogen) atoms. The van der Waals surface area contributed by atoms with Crippen molar-refractivity contribution in [1.82, 2.24) is 4.72 Å². The van der Waals surface area contributed by atoms with Crippen LogP contribution in [0.1, 0.15) is 12.5 Å². The molecule has 0 aromatic heterocycles. The molecule has 1 unspecified atom stereocenters. The Balaban J connectivity index is 2.95. The number of rotatable bonds is 4. The van der Waals surface area contributed by atoms with Gasteiger partial charge in [-0.2, -0.15) is 5.26 Å². The lowest BCUT2D eigenvalue weighted by molar-refractivity contribution is 0.265. The first-order valence-corrected chi connectivity index (χ1v) is 6.11. The molecule has 2 N–H and O–H groups in total. The Morgan fingerprint density at radius 2 is 2.00 bits per heavy atom. The quantitative estimate of drug-likeness (QED) is 0.787. The molecule has 0 spiro atoms. The zero-order valence-corrected chi connectivity index (χ0v) is 9.53. The Bertz CT molecular complexity index is 488. The van der Waals surface area contributed by atoms with Gasteiger partial charge in [-0.05, 0) is 31.2 Å². The Hall–Kier alpha value is -1.42. The van der Waals surface area contributed by atoms with Gasteiger partial charge in [-0.1, -0.05) is 0 Å². The molecule has 1 aromatic carbocycles. The van der Waals surface area contributed by atoms with Crippen molar-refractivity contribution in [1.29, 1.82) is 5.26 Å². The second kappa shape index (κ2) is 5.07. The van der Waals surface area contributed by atoms with Crippen molar-refractivity contribution in [2.24, 2.45) is 0 Å². The Labute approximate surface area is 94.4 Å². The molecule has 0 aliphatic heterocycles. The summed E-state index contributed by atoms with van der Waals surface area (Å²) in [5, 5.41) is 17.3. The molecule has 0 amide bonds. The van der Waals surface area contributed by atoms with Crippen LogP contribution in [0.15, 0.2) is 29.2 Å². The lowest BCUT2D eigenvalue weighted by Gasteiger charge is -2.11. The number of nitriles is 1. The number of nitrogens with zero attached hydrogens (tertiary/aromatic N) is 1. The molecule has 0 bridgehead atoms. The molecule has 0 saturated heterocycles. The van der Waals surface area contributed by atoms with Crippen LogP contribution in [-0.4, -0.2) is 26.2 Å². The maximum Gasteiger partial charge on any atom is 0.240 e. The third kappa shape index (κ3) is 3.03. The number of benzene rings is 1. The largest absolute Gasteiger partial charge is 0.395 e. The molecule has 0 fully saturated rings. The van der Waals surface area contributed by atoms with Crippen molar-refractivity contribution in [2.75, 3.05) is 6.61 Å².